The van der Waals surface area contributed by atoms with Crippen LogP contribution in [-0.2, 0) is 20.1 Å². The van der Waals surface area contributed by atoms with E-state index in [1.54, 1.807) is 11.3 Å². The average Bonchev–Trinajstić information content (AvgIpc) is 3.13. The van der Waals surface area contributed by atoms with Gasteiger partial charge in [-0.25, -0.2) is 4.98 Å². The second-order valence-corrected chi connectivity index (χ2v) is 5.25. The summed E-state index contributed by atoms with van der Waals surface area (Å²) in [5.41, 5.74) is 3.98. The van der Waals surface area contributed by atoms with Crippen LogP contribution in [0, 0.1) is 6.07 Å². The maximum Gasteiger partial charge on any atom is 0.204 e. The molecule has 0 saturated carbocycles. The van der Waals surface area contributed by atoms with Crippen LogP contribution < -0.4 is 4.90 Å². The fourth-order valence-corrected chi connectivity index (χ4v) is 3.44. The molecule has 1 unspecified atom stereocenters. The number of benzene rings is 1. The van der Waals surface area contributed by atoms with Crippen LogP contribution in [0.4, 0.5) is 16.8 Å². The molecule has 5 nitrogen and oxygen atoms in total. The Balaban J connectivity index is 0.00000106. The molecule has 7 heteroatoms. The first-order valence-corrected chi connectivity index (χ1v) is 6.79. The zero-order chi connectivity index (χ0) is 12.4. The molecular weight excluding hydrogens is 450 g/mol. The van der Waals surface area contributed by atoms with Gasteiger partial charge in [0.1, 0.15) is 0 Å². The molecule has 0 spiro atoms. The Bertz CT molecular complexity index is 795. The van der Waals surface area contributed by atoms with E-state index in [-0.39, 0.29) is 26.3 Å². The first-order valence-electron chi connectivity index (χ1n) is 5.91. The van der Waals surface area contributed by atoms with Crippen molar-refractivity contribution in [3.05, 3.63) is 53.0 Å². The third kappa shape index (κ3) is 1.35. The quantitative estimate of drug-likeness (QED) is 0.487. The van der Waals surface area contributed by atoms with Crippen LogP contribution in [0.25, 0.3) is 11.0 Å². The van der Waals surface area contributed by atoms with Gasteiger partial charge in [0.2, 0.25) is 5.95 Å². The van der Waals surface area contributed by atoms with E-state index in [0.717, 1.165) is 28.0 Å². The molecule has 2 aliphatic rings. The van der Waals surface area contributed by atoms with Crippen molar-refractivity contribution < 1.29 is 20.1 Å². The Morgan fingerprint density at radius 1 is 1.35 bits per heavy atom. The predicted octanol–water partition coefficient (Wildman–Crippen LogP) is 3.30. The van der Waals surface area contributed by atoms with Crippen LogP contribution in [0.2, 0.25) is 0 Å². The fourth-order valence-electron chi connectivity index (χ4n) is 2.69. The third-order valence-electron chi connectivity index (χ3n) is 3.46. The van der Waals surface area contributed by atoms with Gasteiger partial charge >= 0.3 is 0 Å². The van der Waals surface area contributed by atoms with E-state index in [1.807, 2.05) is 30.0 Å². The molecule has 20 heavy (non-hydrogen) atoms. The van der Waals surface area contributed by atoms with Gasteiger partial charge in [0, 0.05) is 38.7 Å². The van der Waals surface area contributed by atoms with E-state index in [1.165, 1.54) is 0 Å². The standard InChI is InChI=1S/C13H7N5S.Ir/c1-2-4-9-8(3-1)11-16-10-12(19-7-15-10)18(11)13-14-5-6-17(9)13;/h1-2,4-7,11H;/q-2;. The first kappa shape index (κ1) is 12.1. The van der Waals surface area contributed by atoms with Crippen LogP contribution in [0.5, 0.6) is 0 Å². The molecule has 2 aliphatic heterocycles. The largest absolute Gasteiger partial charge is 0.439 e. The van der Waals surface area contributed by atoms with Crippen molar-refractivity contribution in [1.82, 2.24) is 14.5 Å². The van der Waals surface area contributed by atoms with Crippen molar-refractivity contribution in [3.63, 3.8) is 0 Å². The number of aromatic nitrogens is 3. The minimum Gasteiger partial charge on any atom is -0.439 e. The third-order valence-corrected chi connectivity index (χ3v) is 4.27. The minimum atomic E-state index is -0.0824. The van der Waals surface area contributed by atoms with E-state index in [2.05, 4.69) is 31.6 Å². The zero-order valence-corrected chi connectivity index (χ0v) is 13.2. The van der Waals surface area contributed by atoms with Crippen molar-refractivity contribution >= 4 is 28.1 Å². The number of rotatable bonds is 0. The van der Waals surface area contributed by atoms with Gasteiger partial charge in [0.15, 0.2) is 0 Å². The second-order valence-electron chi connectivity index (χ2n) is 4.42. The molecule has 1 aromatic carbocycles. The maximum atomic E-state index is 4.69. The van der Waals surface area contributed by atoms with Crippen LogP contribution in [0.15, 0.2) is 36.1 Å². The van der Waals surface area contributed by atoms with Gasteiger partial charge < -0.3 is 14.9 Å². The Morgan fingerprint density at radius 3 is 3.25 bits per heavy atom. The summed E-state index contributed by atoms with van der Waals surface area (Å²) in [5, 5.41) is 5.75. The Labute approximate surface area is 132 Å². The smallest absolute Gasteiger partial charge is 0.204 e. The number of hydrogen-bond acceptors (Lipinski definition) is 4. The van der Waals surface area contributed by atoms with Gasteiger partial charge in [0.25, 0.3) is 0 Å². The molecule has 0 amide bonds. The number of fused-ring (bicyclic) bond motifs is 8. The normalized spacial score (nSPS) is 17.4. The monoisotopic (exact) mass is 458 g/mol. The zero-order valence-electron chi connectivity index (χ0n) is 10.0. The molecule has 0 saturated heterocycles. The van der Waals surface area contributed by atoms with E-state index in [9.17, 15) is 0 Å². The molecule has 5 rings (SSSR count). The minimum absolute atomic E-state index is 0. The summed E-state index contributed by atoms with van der Waals surface area (Å²) < 4.78 is 2.08. The number of thiazole rings is 1. The Hall–Kier alpha value is -1.69. The van der Waals surface area contributed by atoms with Crippen LogP contribution in [-0.4, -0.2) is 14.5 Å². The van der Waals surface area contributed by atoms with E-state index >= 15 is 0 Å². The number of imidazole rings is 1. The molecule has 0 fully saturated rings. The summed E-state index contributed by atoms with van der Waals surface area (Å²) in [5.74, 6) is 1.69. The fraction of sp³-hybridized carbons (Fsp3) is 0.0769. The SMILES string of the molecule is [Ir].[c-]1cccc2c1C1[N-]c3ncsc3N1c1nccn1-2. The summed E-state index contributed by atoms with van der Waals surface area (Å²) >= 11 is 1.59. The Morgan fingerprint density at radius 2 is 2.30 bits per heavy atom. The molecule has 0 bridgehead atoms. The molecule has 2 aromatic heterocycles. The molecule has 0 aliphatic carbocycles. The number of nitrogens with zero attached hydrogens (tertiary/aromatic N) is 5. The molecule has 4 heterocycles. The molecule has 1 atom stereocenters. The molecule has 101 valence electrons. The van der Waals surface area contributed by atoms with E-state index in [0.29, 0.717) is 0 Å². The maximum absolute atomic E-state index is 4.69. The van der Waals surface area contributed by atoms with Gasteiger partial charge in [-0.3, -0.25) is 4.90 Å². The average molecular weight is 458 g/mol. The van der Waals surface area contributed by atoms with Crippen LogP contribution in [0.3, 0.4) is 0 Å². The Kier molecular flexibility index (Phi) is 2.51. The van der Waals surface area contributed by atoms with E-state index in [4.69, 9.17) is 5.32 Å². The van der Waals surface area contributed by atoms with Gasteiger partial charge in [-0.15, -0.1) is 23.0 Å². The number of anilines is 2. The molecule has 3 aromatic rings. The second kappa shape index (κ2) is 4.15. The molecule has 1 radical (unpaired) electrons. The molecular formula is C13H7IrN5S-2. The summed E-state index contributed by atoms with van der Waals surface area (Å²) in [4.78, 5) is 10.9. The van der Waals surface area contributed by atoms with Crippen molar-refractivity contribution in [2.24, 2.45) is 0 Å². The van der Waals surface area contributed by atoms with Crippen LogP contribution >= 0.6 is 11.3 Å². The van der Waals surface area contributed by atoms with Crippen molar-refractivity contribution in [2.45, 2.75) is 6.17 Å². The summed E-state index contributed by atoms with van der Waals surface area (Å²) in [6.45, 7) is 0. The molecule has 0 N–H and O–H groups in total. The van der Waals surface area contributed by atoms with Gasteiger partial charge in [-0.1, -0.05) is 5.69 Å². The summed E-state index contributed by atoms with van der Waals surface area (Å²) in [7, 11) is 0. The van der Waals surface area contributed by atoms with Crippen molar-refractivity contribution in [1.29, 1.82) is 0 Å². The van der Waals surface area contributed by atoms with Gasteiger partial charge in [0.05, 0.1) is 5.00 Å². The first-order chi connectivity index (χ1) is 9.43. The predicted molar refractivity (Wildman–Crippen MR) is 72.4 cm³/mol. The number of hydrogen-bond donors (Lipinski definition) is 0. The van der Waals surface area contributed by atoms with Crippen LogP contribution in [0.1, 0.15) is 11.7 Å². The summed E-state index contributed by atoms with van der Waals surface area (Å²) in [6.07, 6.45) is 3.70. The van der Waals surface area contributed by atoms with Gasteiger partial charge in [-0.05, 0) is 11.3 Å². The van der Waals surface area contributed by atoms with Crippen molar-refractivity contribution in [2.75, 3.05) is 4.90 Å². The summed E-state index contributed by atoms with van der Waals surface area (Å²) in [6, 6.07) is 9.29. The van der Waals surface area contributed by atoms with Crippen molar-refractivity contribution in [3.8, 4) is 5.69 Å². The van der Waals surface area contributed by atoms with Gasteiger partial charge in [-0.2, -0.15) is 18.2 Å². The topological polar surface area (TPSA) is 48.1 Å². The van der Waals surface area contributed by atoms with E-state index < -0.39 is 0 Å².